The zero-order valence-electron chi connectivity index (χ0n) is 12.5. The second-order valence-corrected chi connectivity index (χ2v) is 6.40. The van der Waals surface area contributed by atoms with Crippen molar-refractivity contribution in [2.24, 2.45) is 0 Å². The van der Waals surface area contributed by atoms with Gasteiger partial charge in [0, 0.05) is 15.4 Å². The highest BCUT2D eigenvalue weighted by molar-refractivity contribution is 6.38. The number of aromatic nitrogens is 1. The number of hydrogen-bond acceptors (Lipinski definition) is 3. The number of amides is 2. The maximum absolute atomic E-state index is 13.0. The molecule has 2 amide bonds. The lowest BCUT2D eigenvalue weighted by molar-refractivity contribution is 0.0926. The number of hydrogen-bond donors (Lipinski definition) is 0. The van der Waals surface area contributed by atoms with Gasteiger partial charge in [-0.05, 0) is 49.4 Å². The molecule has 4 nitrogen and oxygen atoms in total. The number of carbonyl (C=O) groups excluding carboxylic acids is 2. The summed E-state index contributed by atoms with van der Waals surface area (Å²) in [6.45, 7) is 1.73. The Morgan fingerprint density at radius 3 is 2.21 bits per heavy atom. The third-order valence-electron chi connectivity index (χ3n) is 4.05. The van der Waals surface area contributed by atoms with E-state index in [1.165, 1.54) is 0 Å². The Labute approximate surface area is 147 Å². The molecule has 0 saturated heterocycles. The molecular weight excluding hydrogens is 347 g/mol. The lowest BCUT2D eigenvalue weighted by Crippen LogP contribution is -2.29. The summed E-state index contributed by atoms with van der Waals surface area (Å²) in [5, 5.41) is 1.60. The van der Waals surface area contributed by atoms with Gasteiger partial charge in [0.15, 0.2) is 0 Å². The van der Waals surface area contributed by atoms with Crippen LogP contribution in [-0.2, 0) is 0 Å². The Kier molecular flexibility index (Phi) is 3.34. The summed E-state index contributed by atoms with van der Waals surface area (Å²) in [7, 11) is 0. The van der Waals surface area contributed by atoms with E-state index in [9.17, 15) is 9.59 Å². The third kappa shape index (κ3) is 2.11. The average molecular weight is 357 g/mol. The average Bonchev–Trinajstić information content (AvgIpc) is 2.81. The fraction of sp³-hybridized carbons (Fsp3) is 0.0556. The fourth-order valence-corrected chi connectivity index (χ4v) is 3.28. The number of aryl methyl sites for hydroxylation is 1. The number of rotatable bonds is 1. The monoisotopic (exact) mass is 356 g/mol. The first kappa shape index (κ1) is 15.1. The van der Waals surface area contributed by atoms with Crippen molar-refractivity contribution in [3.8, 4) is 0 Å². The van der Waals surface area contributed by atoms with Gasteiger partial charge < -0.3 is 0 Å². The molecular formula is C18H10Cl2N2O2. The number of carbonyl (C=O) groups is 2. The summed E-state index contributed by atoms with van der Waals surface area (Å²) < 4.78 is 0. The van der Waals surface area contributed by atoms with Gasteiger partial charge >= 0.3 is 0 Å². The first-order valence-corrected chi connectivity index (χ1v) is 7.97. The Bertz CT molecular complexity index is 1030. The minimum atomic E-state index is -0.385. The van der Waals surface area contributed by atoms with Gasteiger partial charge in [0.25, 0.3) is 11.8 Å². The molecule has 0 unspecified atom stereocenters. The van der Waals surface area contributed by atoms with E-state index in [1.54, 1.807) is 49.4 Å². The van der Waals surface area contributed by atoms with E-state index in [1.807, 2.05) is 0 Å². The molecule has 1 aliphatic heterocycles. The van der Waals surface area contributed by atoms with Crippen molar-refractivity contribution in [1.29, 1.82) is 0 Å². The van der Waals surface area contributed by atoms with Crippen LogP contribution in [0, 0.1) is 6.92 Å². The summed E-state index contributed by atoms with van der Waals surface area (Å²) in [5.74, 6) is -0.765. The highest BCUT2D eigenvalue weighted by Gasteiger charge is 2.40. The normalized spacial score (nSPS) is 13.7. The van der Waals surface area contributed by atoms with Crippen LogP contribution < -0.4 is 4.90 Å². The Morgan fingerprint density at radius 2 is 1.50 bits per heavy atom. The summed E-state index contributed by atoms with van der Waals surface area (Å²) in [6.07, 6.45) is 0. The minimum Gasteiger partial charge on any atom is -0.268 e. The maximum Gasteiger partial charge on any atom is 0.268 e. The molecule has 0 bridgehead atoms. The van der Waals surface area contributed by atoms with E-state index >= 15 is 0 Å². The molecule has 6 heteroatoms. The highest BCUT2D eigenvalue weighted by Crippen LogP contribution is 2.35. The zero-order chi connectivity index (χ0) is 17.0. The van der Waals surface area contributed by atoms with Gasteiger partial charge in [0.2, 0.25) is 0 Å². The molecule has 1 aliphatic rings. The number of pyridine rings is 1. The molecule has 4 rings (SSSR count). The van der Waals surface area contributed by atoms with Gasteiger partial charge in [-0.1, -0.05) is 23.2 Å². The lowest BCUT2D eigenvalue weighted by atomic mass is 10.0. The molecule has 24 heavy (non-hydrogen) atoms. The number of anilines is 1. The predicted molar refractivity (Wildman–Crippen MR) is 94.1 cm³/mol. The first-order chi connectivity index (χ1) is 11.5. The lowest BCUT2D eigenvalue weighted by Gasteiger charge is -2.13. The minimum absolute atomic E-state index is 0.324. The van der Waals surface area contributed by atoms with Crippen LogP contribution in [0.25, 0.3) is 10.9 Å². The molecule has 118 valence electrons. The van der Waals surface area contributed by atoms with Crippen molar-refractivity contribution in [3.63, 3.8) is 0 Å². The number of fused-ring (bicyclic) bond motifs is 3. The van der Waals surface area contributed by atoms with Crippen LogP contribution in [0.15, 0.2) is 42.5 Å². The standard InChI is InChI=1S/C18H10Cl2N2O2/c1-9-15-16(13-8-11(20)4-7-14(13)21-9)18(24)22(17(15)23)12-5-2-10(19)3-6-12/h2-8H,1H3. The summed E-state index contributed by atoms with van der Waals surface area (Å²) >= 11 is 12.0. The van der Waals surface area contributed by atoms with Gasteiger partial charge in [0.05, 0.1) is 28.0 Å². The SMILES string of the molecule is Cc1nc2ccc(Cl)cc2c2c1C(=O)N(c1ccc(Cl)cc1)C2=O. The van der Waals surface area contributed by atoms with Gasteiger partial charge in [0.1, 0.15) is 0 Å². The molecule has 3 aromatic rings. The van der Waals surface area contributed by atoms with Crippen molar-refractivity contribution in [2.75, 3.05) is 4.90 Å². The van der Waals surface area contributed by atoms with E-state index in [0.717, 1.165) is 4.90 Å². The zero-order valence-corrected chi connectivity index (χ0v) is 14.0. The molecule has 0 atom stereocenters. The molecule has 0 N–H and O–H groups in total. The van der Waals surface area contributed by atoms with E-state index in [-0.39, 0.29) is 11.8 Å². The van der Waals surface area contributed by atoms with Crippen LogP contribution in [0.2, 0.25) is 10.0 Å². The van der Waals surface area contributed by atoms with Crippen LogP contribution >= 0.6 is 23.2 Å². The number of nitrogens with zero attached hydrogens (tertiary/aromatic N) is 2. The molecule has 2 aromatic carbocycles. The smallest absolute Gasteiger partial charge is 0.268 e. The first-order valence-electron chi connectivity index (χ1n) is 7.21. The van der Waals surface area contributed by atoms with Crippen molar-refractivity contribution >= 4 is 51.6 Å². The Morgan fingerprint density at radius 1 is 0.875 bits per heavy atom. The predicted octanol–water partition coefficient (Wildman–Crippen LogP) is 4.65. The number of halogens is 2. The summed E-state index contributed by atoms with van der Waals surface area (Å²) in [6, 6.07) is 11.7. The van der Waals surface area contributed by atoms with Gasteiger partial charge in [-0.25, -0.2) is 4.90 Å². The molecule has 2 heterocycles. The van der Waals surface area contributed by atoms with Crippen LogP contribution in [0.3, 0.4) is 0 Å². The molecule has 0 spiro atoms. The van der Waals surface area contributed by atoms with Gasteiger partial charge in [-0.3, -0.25) is 14.6 Å². The van der Waals surface area contributed by atoms with Gasteiger partial charge in [-0.15, -0.1) is 0 Å². The number of imide groups is 1. The quantitative estimate of drug-likeness (QED) is 0.596. The largest absolute Gasteiger partial charge is 0.268 e. The molecule has 1 aromatic heterocycles. The van der Waals surface area contributed by atoms with Crippen LogP contribution in [-0.4, -0.2) is 16.8 Å². The Balaban J connectivity index is 1.98. The van der Waals surface area contributed by atoms with Crippen molar-refractivity contribution in [2.45, 2.75) is 6.92 Å². The summed E-state index contributed by atoms with van der Waals surface area (Å²) in [5.41, 5.74) is 2.30. The summed E-state index contributed by atoms with van der Waals surface area (Å²) in [4.78, 5) is 31.4. The van der Waals surface area contributed by atoms with Crippen molar-refractivity contribution in [3.05, 3.63) is 69.3 Å². The topological polar surface area (TPSA) is 50.3 Å². The van der Waals surface area contributed by atoms with E-state index < -0.39 is 0 Å². The number of benzene rings is 2. The molecule has 0 aliphatic carbocycles. The van der Waals surface area contributed by atoms with Crippen LogP contribution in [0.5, 0.6) is 0 Å². The highest BCUT2D eigenvalue weighted by atomic mass is 35.5. The van der Waals surface area contributed by atoms with E-state index in [2.05, 4.69) is 4.98 Å². The third-order valence-corrected chi connectivity index (χ3v) is 4.53. The van der Waals surface area contributed by atoms with E-state index in [4.69, 9.17) is 23.2 Å². The second-order valence-electron chi connectivity index (χ2n) is 5.53. The second kappa shape index (κ2) is 5.30. The van der Waals surface area contributed by atoms with Gasteiger partial charge in [-0.2, -0.15) is 0 Å². The molecule has 0 saturated carbocycles. The fourth-order valence-electron chi connectivity index (χ4n) is 2.98. The molecule has 0 fully saturated rings. The van der Waals surface area contributed by atoms with Crippen molar-refractivity contribution in [1.82, 2.24) is 4.98 Å². The van der Waals surface area contributed by atoms with E-state index in [0.29, 0.717) is 43.5 Å². The maximum atomic E-state index is 13.0. The molecule has 0 radical (unpaired) electrons. The van der Waals surface area contributed by atoms with Crippen LogP contribution in [0.4, 0.5) is 5.69 Å². The Hall–Kier alpha value is -2.43. The van der Waals surface area contributed by atoms with Crippen molar-refractivity contribution < 1.29 is 9.59 Å². The van der Waals surface area contributed by atoms with Crippen LogP contribution in [0.1, 0.15) is 26.4 Å².